The van der Waals surface area contributed by atoms with Crippen LogP contribution in [0.15, 0.2) is 77.7 Å². The fourth-order valence-corrected chi connectivity index (χ4v) is 4.51. The molecule has 9 heteroatoms. The van der Waals surface area contributed by atoms with E-state index in [1.807, 2.05) is 68.4 Å². The molecule has 0 fully saturated rings. The van der Waals surface area contributed by atoms with Crippen LogP contribution < -0.4 is 10.9 Å². The van der Waals surface area contributed by atoms with Crippen molar-refractivity contribution in [2.45, 2.75) is 20.8 Å². The van der Waals surface area contributed by atoms with Gasteiger partial charge >= 0.3 is 0 Å². The van der Waals surface area contributed by atoms with Crippen LogP contribution in [0.5, 0.6) is 0 Å². The lowest BCUT2D eigenvalue weighted by Crippen LogP contribution is -2.19. The van der Waals surface area contributed by atoms with Gasteiger partial charge in [-0.1, -0.05) is 48.5 Å². The molecule has 3 aromatic heterocycles. The third-order valence-corrected chi connectivity index (χ3v) is 6.54. The van der Waals surface area contributed by atoms with Crippen LogP contribution in [-0.4, -0.2) is 35.4 Å². The molecule has 0 saturated carbocycles. The summed E-state index contributed by atoms with van der Waals surface area (Å²) in [4.78, 5) is 33.8. The maximum atomic E-state index is 13.3. The highest BCUT2D eigenvalue weighted by Gasteiger charge is 2.19. The van der Waals surface area contributed by atoms with Gasteiger partial charge in [0.05, 0.1) is 17.6 Å². The molecule has 2 N–H and O–H groups in total. The lowest BCUT2D eigenvalue weighted by Gasteiger charge is -2.11. The molecule has 6 aromatic rings. The number of carbonyl (C=O) groups is 1. The fraction of sp³-hybridized carbons (Fsp3) is 0.107. The number of nitrogens with zero attached hydrogens (tertiary/aromatic N) is 5. The normalized spacial score (nSPS) is 11.3. The highest BCUT2D eigenvalue weighted by Crippen LogP contribution is 2.23. The van der Waals surface area contributed by atoms with Crippen molar-refractivity contribution in [3.63, 3.8) is 0 Å². The number of carbonyl (C=O) groups excluding carboxylic acids is 1. The van der Waals surface area contributed by atoms with E-state index in [0.29, 0.717) is 28.1 Å². The van der Waals surface area contributed by atoms with Gasteiger partial charge < -0.3 is 5.32 Å². The fourth-order valence-electron chi connectivity index (χ4n) is 4.51. The monoisotopic (exact) mass is 489 g/mol. The standard InChI is InChI=1S/C28H23N7O2/c1-16-8-6-13-23(18(16)3)34-25-22(15-29-34)27(37)32-28(31-25)35-24(14-17(2)33-35)30-26(36)21-12-7-10-19-9-4-5-11-20(19)21/h4-15H,1-3H3,(H,30,36)(H,31,32,37). The van der Waals surface area contributed by atoms with E-state index in [2.05, 4.69) is 20.5 Å². The van der Waals surface area contributed by atoms with Gasteiger partial charge in [0.1, 0.15) is 11.2 Å². The Kier molecular flexibility index (Phi) is 5.19. The highest BCUT2D eigenvalue weighted by atomic mass is 16.2. The number of hydrogen-bond donors (Lipinski definition) is 2. The summed E-state index contributed by atoms with van der Waals surface area (Å²) in [7, 11) is 0. The molecule has 0 spiro atoms. The quantitative estimate of drug-likeness (QED) is 0.375. The van der Waals surface area contributed by atoms with Crippen molar-refractivity contribution >= 4 is 33.5 Å². The number of hydrogen-bond acceptors (Lipinski definition) is 5. The van der Waals surface area contributed by atoms with Gasteiger partial charge in [-0.3, -0.25) is 14.6 Å². The highest BCUT2D eigenvalue weighted by molar-refractivity contribution is 6.12. The second kappa shape index (κ2) is 8.56. The molecule has 0 unspecified atom stereocenters. The van der Waals surface area contributed by atoms with Crippen molar-refractivity contribution in [3.8, 4) is 11.6 Å². The van der Waals surface area contributed by atoms with E-state index in [1.165, 1.54) is 10.9 Å². The lowest BCUT2D eigenvalue weighted by atomic mass is 10.0. The van der Waals surface area contributed by atoms with E-state index in [-0.39, 0.29) is 17.4 Å². The Morgan fingerprint density at radius 1 is 0.919 bits per heavy atom. The molecule has 182 valence electrons. The molecule has 6 rings (SSSR count). The second-order valence-electron chi connectivity index (χ2n) is 8.97. The lowest BCUT2D eigenvalue weighted by molar-refractivity contribution is 0.102. The first-order valence-electron chi connectivity index (χ1n) is 11.8. The summed E-state index contributed by atoms with van der Waals surface area (Å²) in [5.74, 6) is 0.267. The summed E-state index contributed by atoms with van der Waals surface area (Å²) >= 11 is 0. The van der Waals surface area contributed by atoms with E-state index >= 15 is 0 Å². The third kappa shape index (κ3) is 3.77. The SMILES string of the molecule is Cc1cc(NC(=O)c2cccc3ccccc23)n(-c2nc3c(cnn3-c3cccc(C)c3C)c(=O)[nH]2)n1. The number of amides is 1. The zero-order valence-electron chi connectivity index (χ0n) is 20.5. The van der Waals surface area contributed by atoms with Gasteiger partial charge in [-0.2, -0.15) is 19.9 Å². The first-order chi connectivity index (χ1) is 17.9. The van der Waals surface area contributed by atoms with Crippen molar-refractivity contribution in [2.24, 2.45) is 0 Å². The number of aromatic nitrogens is 6. The number of aryl methyl sites for hydroxylation is 2. The molecule has 0 bridgehead atoms. The minimum atomic E-state index is -0.351. The third-order valence-electron chi connectivity index (χ3n) is 6.54. The maximum Gasteiger partial charge on any atom is 0.263 e. The number of rotatable bonds is 4. The molecular weight excluding hydrogens is 466 g/mol. The summed E-state index contributed by atoms with van der Waals surface area (Å²) in [6, 6.07) is 20.9. The Morgan fingerprint density at radius 2 is 1.70 bits per heavy atom. The van der Waals surface area contributed by atoms with Crippen LogP contribution in [0.2, 0.25) is 0 Å². The molecule has 9 nitrogen and oxygen atoms in total. The van der Waals surface area contributed by atoms with Crippen molar-refractivity contribution < 1.29 is 4.79 Å². The molecule has 0 aliphatic rings. The largest absolute Gasteiger partial charge is 0.306 e. The van der Waals surface area contributed by atoms with Crippen LogP contribution in [0.25, 0.3) is 33.4 Å². The van der Waals surface area contributed by atoms with Crippen molar-refractivity contribution in [1.82, 2.24) is 29.5 Å². The molecular formula is C28H23N7O2. The average Bonchev–Trinajstić information content (AvgIpc) is 3.48. The second-order valence-corrected chi connectivity index (χ2v) is 8.97. The van der Waals surface area contributed by atoms with Gasteiger partial charge in [-0.05, 0) is 54.8 Å². The Morgan fingerprint density at radius 3 is 2.57 bits per heavy atom. The Balaban J connectivity index is 1.45. The summed E-state index contributed by atoms with van der Waals surface area (Å²) in [6.07, 6.45) is 1.50. The zero-order chi connectivity index (χ0) is 25.7. The molecule has 3 heterocycles. The summed E-state index contributed by atoms with van der Waals surface area (Å²) in [5, 5.41) is 14.0. The molecule has 0 saturated heterocycles. The molecule has 0 aliphatic carbocycles. The number of fused-ring (bicyclic) bond motifs is 2. The van der Waals surface area contributed by atoms with Gasteiger partial charge in [0.2, 0.25) is 5.95 Å². The van der Waals surface area contributed by atoms with Gasteiger partial charge in [0.15, 0.2) is 5.65 Å². The summed E-state index contributed by atoms with van der Waals surface area (Å²) in [5.41, 5.74) is 4.21. The van der Waals surface area contributed by atoms with E-state index in [1.54, 1.807) is 23.7 Å². The maximum absolute atomic E-state index is 13.3. The van der Waals surface area contributed by atoms with E-state index < -0.39 is 0 Å². The number of H-pyrrole nitrogens is 1. The Bertz CT molecular complexity index is 1890. The first-order valence-corrected chi connectivity index (χ1v) is 11.8. The molecule has 37 heavy (non-hydrogen) atoms. The molecule has 3 aromatic carbocycles. The molecule has 0 atom stereocenters. The number of benzene rings is 3. The molecule has 0 aliphatic heterocycles. The molecule has 0 radical (unpaired) electrons. The van der Waals surface area contributed by atoms with Gasteiger partial charge in [-0.25, -0.2) is 4.68 Å². The van der Waals surface area contributed by atoms with Gasteiger partial charge in [0, 0.05) is 11.6 Å². The van der Waals surface area contributed by atoms with Crippen LogP contribution in [-0.2, 0) is 0 Å². The average molecular weight is 490 g/mol. The van der Waals surface area contributed by atoms with E-state index in [0.717, 1.165) is 27.6 Å². The first kappa shape index (κ1) is 22.4. The summed E-state index contributed by atoms with van der Waals surface area (Å²) in [6.45, 7) is 5.83. The van der Waals surface area contributed by atoms with Crippen molar-refractivity contribution in [3.05, 3.63) is 106 Å². The van der Waals surface area contributed by atoms with E-state index in [9.17, 15) is 9.59 Å². The van der Waals surface area contributed by atoms with Crippen LogP contribution in [0.1, 0.15) is 27.2 Å². The minimum Gasteiger partial charge on any atom is -0.306 e. The van der Waals surface area contributed by atoms with Crippen LogP contribution in [0.3, 0.4) is 0 Å². The van der Waals surface area contributed by atoms with E-state index in [4.69, 9.17) is 4.98 Å². The molecule has 1 amide bonds. The zero-order valence-corrected chi connectivity index (χ0v) is 20.5. The van der Waals surface area contributed by atoms with Crippen LogP contribution in [0.4, 0.5) is 5.82 Å². The number of aromatic amines is 1. The van der Waals surface area contributed by atoms with Gasteiger partial charge in [-0.15, -0.1) is 0 Å². The van der Waals surface area contributed by atoms with Crippen LogP contribution in [0, 0.1) is 20.8 Å². The van der Waals surface area contributed by atoms with Crippen LogP contribution >= 0.6 is 0 Å². The smallest absolute Gasteiger partial charge is 0.263 e. The topological polar surface area (TPSA) is 110 Å². The summed E-state index contributed by atoms with van der Waals surface area (Å²) < 4.78 is 3.08. The number of nitrogens with one attached hydrogen (secondary N) is 2. The minimum absolute atomic E-state index is 0.172. The Hall–Kier alpha value is -5.05. The van der Waals surface area contributed by atoms with Crippen molar-refractivity contribution in [2.75, 3.05) is 5.32 Å². The van der Waals surface area contributed by atoms with Crippen molar-refractivity contribution in [1.29, 1.82) is 0 Å². The number of anilines is 1. The van der Waals surface area contributed by atoms with Gasteiger partial charge in [0.25, 0.3) is 11.5 Å². The Labute approximate surface area is 211 Å². The predicted octanol–water partition coefficient (Wildman–Crippen LogP) is 4.63. The predicted molar refractivity (Wildman–Crippen MR) is 143 cm³/mol.